The van der Waals surface area contributed by atoms with E-state index in [0.717, 1.165) is 5.57 Å². The first-order valence-corrected chi connectivity index (χ1v) is 8.29. The van der Waals surface area contributed by atoms with Crippen LogP contribution >= 0.6 is 0 Å². The molecular weight excluding hydrogens is 346 g/mol. The molecule has 0 bridgehead atoms. The van der Waals surface area contributed by atoms with Crippen molar-refractivity contribution in [2.75, 3.05) is 6.61 Å². The van der Waals surface area contributed by atoms with E-state index < -0.39 is 0 Å². The quantitative estimate of drug-likeness (QED) is 0.688. The van der Waals surface area contributed by atoms with E-state index in [1.54, 1.807) is 24.8 Å². The third kappa shape index (κ3) is 4.70. The van der Waals surface area contributed by atoms with Crippen LogP contribution in [0.15, 0.2) is 48.2 Å². The highest BCUT2D eigenvalue weighted by molar-refractivity contribution is 5.79. The molecule has 2 aromatic heterocycles. The van der Waals surface area contributed by atoms with Gasteiger partial charge in [-0.15, -0.1) is 0 Å². The second-order valence-electron chi connectivity index (χ2n) is 5.81. The van der Waals surface area contributed by atoms with E-state index in [2.05, 4.69) is 31.6 Å². The molecule has 0 saturated carbocycles. The number of hydrazone groups is 1. The molecule has 1 aliphatic rings. The summed E-state index contributed by atoms with van der Waals surface area (Å²) in [4.78, 5) is 28.7. The summed E-state index contributed by atoms with van der Waals surface area (Å²) in [7, 11) is 0. The van der Waals surface area contributed by atoms with Crippen molar-refractivity contribution in [1.29, 1.82) is 5.26 Å². The molecule has 3 heterocycles. The van der Waals surface area contributed by atoms with Crippen LogP contribution in [-0.2, 0) is 4.79 Å². The minimum absolute atomic E-state index is 0.112. The second-order valence-corrected chi connectivity index (χ2v) is 5.81. The number of ether oxygens (including phenoxy) is 1. The third-order valence-electron chi connectivity index (χ3n) is 3.87. The molecule has 0 aromatic carbocycles. The number of nitriles is 1. The molecule has 0 fully saturated rings. The highest BCUT2D eigenvalue weighted by Gasteiger charge is 2.29. The van der Waals surface area contributed by atoms with Gasteiger partial charge in [0.1, 0.15) is 18.7 Å². The number of carbonyl (C=O) groups is 1. The first-order chi connectivity index (χ1) is 13.2. The standard InChI is InChI=1S/C18H17N7O2/c1-13(12-27-17-11-22-14(8-19)9-23-17)2-3-18(26)25-16(4-5-24-25)15-10-20-6-7-21-15/h5-7,9-11,16H,1-4,12H2. The molecule has 1 aliphatic heterocycles. The predicted molar refractivity (Wildman–Crippen MR) is 95.3 cm³/mol. The maximum absolute atomic E-state index is 12.5. The summed E-state index contributed by atoms with van der Waals surface area (Å²) in [5.41, 5.74) is 1.68. The van der Waals surface area contributed by atoms with Crippen molar-refractivity contribution in [2.45, 2.75) is 25.3 Å². The van der Waals surface area contributed by atoms with Crippen LogP contribution in [0.5, 0.6) is 5.88 Å². The van der Waals surface area contributed by atoms with Crippen molar-refractivity contribution in [3.8, 4) is 11.9 Å². The summed E-state index contributed by atoms with van der Waals surface area (Å²) in [6.07, 6.45) is 10.6. The first kappa shape index (κ1) is 18.1. The van der Waals surface area contributed by atoms with E-state index in [0.29, 0.717) is 24.4 Å². The maximum Gasteiger partial charge on any atom is 0.243 e. The van der Waals surface area contributed by atoms with E-state index >= 15 is 0 Å². The second kappa shape index (κ2) is 8.62. The van der Waals surface area contributed by atoms with Crippen LogP contribution in [0.2, 0.25) is 0 Å². The highest BCUT2D eigenvalue weighted by atomic mass is 16.5. The van der Waals surface area contributed by atoms with E-state index in [1.165, 1.54) is 17.4 Å². The number of carbonyl (C=O) groups excluding carboxylic acids is 1. The molecular formula is C18H17N7O2. The van der Waals surface area contributed by atoms with Crippen molar-refractivity contribution in [2.24, 2.45) is 5.10 Å². The Labute approximate surface area is 156 Å². The summed E-state index contributed by atoms with van der Waals surface area (Å²) in [6, 6.07) is 1.67. The van der Waals surface area contributed by atoms with Gasteiger partial charge in [0.15, 0.2) is 5.69 Å². The van der Waals surface area contributed by atoms with Gasteiger partial charge in [0.25, 0.3) is 0 Å². The average molecular weight is 363 g/mol. The molecule has 0 aliphatic carbocycles. The van der Waals surface area contributed by atoms with Crippen molar-refractivity contribution in [1.82, 2.24) is 24.9 Å². The van der Waals surface area contributed by atoms with Crippen LogP contribution in [0.25, 0.3) is 0 Å². The lowest BCUT2D eigenvalue weighted by molar-refractivity contribution is -0.133. The molecule has 136 valence electrons. The SMILES string of the molecule is C=C(CCC(=O)N1N=CCC1c1cnccn1)COc1cnc(C#N)cn1. The average Bonchev–Trinajstić information content (AvgIpc) is 3.21. The van der Waals surface area contributed by atoms with Crippen LogP contribution in [0.3, 0.4) is 0 Å². The zero-order valence-electron chi connectivity index (χ0n) is 14.5. The van der Waals surface area contributed by atoms with E-state index in [-0.39, 0.29) is 30.7 Å². The van der Waals surface area contributed by atoms with Crippen LogP contribution in [-0.4, -0.2) is 43.7 Å². The van der Waals surface area contributed by atoms with Gasteiger partial charge in [-0.3, -0.25) is 14.8 Å². The van der Waals surface area contributed by atoms with E-state index in [1.807, 2.05) is 6.07 Å². The molecule has 0 spiro atoms. The lowest BCUT2D eigenvalue weighted by Crippen LogP contribution is -2.27. The van der Waals surface area contributed by atoms with Crippen molar-refractivity contribution >= 4 is 12.1 Å². The Morgan fingerprint density at radius 2 is 2.15 bits per heavy atom. The van der Waals surface area contributed by atoms with Gasteiger partial charge in [0.05, 0.1) is 24.3 Å². The molecule has 9 nitrogen and oxygen atoms in total. The molecule has 9 heteroatoms. The Hall–Kier alpha value is -3.67. The van der Waals surface area contributed by atoms with Crippen molar-refractivity contribution < 1.29 is 9.53 Å². The molecule has 0 saturated heterocycles. The fourth-order valence-corrected chi connectivity index (χ4v) is 2.48. The molecule has 3 rings (SSSR count). The van der Waals surface area contributed by atoms with Gasteiger partial charge in [0.2, 0.25) is 11.8 Å². The van der Waals surface area contributed by atoms with Gasteiger partial charge < -0.3 is 4.74 Å². The first-order valence-electron chi connectivity index (χ1n) is 8.29. The minimum Gasteiger partial charge on any atom is -0.472 e. The largest absolute Gasteiger partial charge is 0.472 e. The summed E-state index contributed by atoms with van der Waals surface area (Å²) in [6.45, 7) is 4.14. The van der Waals surface area contributed by atoms with Crippen LogP contribution in [0, 0.1) is 11.3 Å². The van der Waals surface area contributed by atoms with E-state index in [4.69, 9.17) is 10.00 Å². The number of hydrogen-bond acceptors (Lipinski definition) is 8. The van der Waals surface area contributed by atoms with Crippen LogP contribution in [0.4, 0.5) is 0 Å². The smallest absolute Gasteiger partial charge is 0.243 e. The minimum atomic E-state index is -0.218. The molecule has 0 radical (unpaired) electrons. The fourth-order valence-electron chi connectivity index (χ4n) is 2.48. The number of rotatable bonds is 7. The lowest BCUT2D eigenvalue weighted by Gasteiger charge is -2.21. The lowest BCUT2D eigenvalue weighted by atomic mass is 10.1. The summed E-state index contributed by atoms with van der Waals surface area (Å²) in [5, 5.41) is 14.3. The molecule has 1 unspecified atom stereocenters. The summed E-state index contributed by atoms with van der Waals surface area (Å²) >= 11 is 0. The fraction of sp³-hybridized carbons (Fsp3) is 0.278. The topological polar surface area (TPSA) is 117 Å². The molecule has 1 amide bonds. The number of nitrogens with zero attached hydrogens (tertiary/aromatic N) is 7. The van der Waals surface area contributed by atoms with Crippen molar-refractivity contribution in [3.05, 3.63) is 54.5 Å². The third-order valence-corrected chi connectivity index (χ3v) is 3.87. The Balaban J connectivity index is 1.47. The summed E-state index contributed by atoms with van der Waals surface area (Å²) < 4.78 is 5.46. The van der Waals surface area contributed by atoms with Gasteiger partial charge in [0, 0.05) is 31.4 Å². The molecule has 1 atom stereocenters. The van der Waals surface area contributed by atoms with Gasteiger partial charge in [-0.05, 0) is 12.0 Å². The van der Waals surface area contributed by atoms with Gasteiger partial charge in [-0.2, -0.15) is 10.4 Å². The van der Waals surface area contributed by atoms with Gasteiger partial charge >= 0.3 is 0 Å². The van der Waals surface area contributed by atoms with Crippen LogP contribution in [0.1, 0.15) is 36.7 Å². The van der Waals surface area contributed by atoms with Crippen LogP contribution < -0.4 is 4.74 Å². The number of aromatic nitrogens is 4. The zero-order chi connectivity index (χ0) is 19.1. The Kier molecular flexibility index (Phi) is 5.79. The monoisotopic (exact) mass is 363 g/mol. The maximum atomic E-state index is 12.5. The molecule has 2 aromatic rings. The predicted octanol–water partition coefficient (Wildman–Crippen LogP) is 1.81. The van der Waals surface area contributed by atoms with Gasteiger partial charge in [-0.25, -0.2) is 15.0 Å². The normalized spacial score (nSPS) is 15.4. The van der Waals surface area contributed by atoms with Crippen molar-refractivity contribution in [3.63, 3.8) is 0 Å². The number of hydrogen-bond donors (Lipinski definition) is 0. The highest BCUT2D eigenvalue weighted by Crippen LogP contribution is 2.27. The Bertz CT molecular complexity index is 875. The summed E-state index contributed by atoms with van der Waals surface area (Å²) in [5.74, 6) is 0.187. The molecule has 0 N–H and O–H groups in total. The number of amides is 1. The van der Waals surface area contributed by atoms with E-state index in [9.17, 15) is 4.79 Å². The van der Waals surface area contributed by atoms with Gasteiger partial charge in [-0.1, -0.05) is 6.58 Å². The Morgan fingerprint density at radius 1 is 1.26 bits per heavy atom. The Morgan fingerprint density at radius 3 is 2.85 bits per heavy atom. The molecule has 27 heavy (non-hydrogen) atoms. The zero-order valence-corrected chi connectivity index (χ0v) is 14.5.